The number of ether oxygens (including phenoxy) is 1. The van der Waals surface area contributed by atoms with Crippen LogP contribution in [0.25, 0.3) is 6.08 Å². The van der Waals surface area contributed by atoms with Gasteiger partial charge in [-0.3, -0.25) is 4.79 Å². The number of amidine groups is 1. The van der Waals surface area contributed by atoms with Crippen LogP contribution in [0, 0.1) is 13.8 Å². The van der Waals surface area contributed by atoms with Gasteiger partial charge in [0.25, 0.3) is 5.91 Å². The van der Waals surface area contributed by atoms with E-state index in [4.69, 9.17) is 4.74 Å². The van der Waals surface area contributed by atoms with Gasteiger partial charge in [-0.15, -0.1) is 0 Å². The summed E-state index contributed by atoms with van der Waals surface area (Å²) in [6, 6.07) is 12.9. The van der Waals surface area contributed by atoms with E-state index in [1.807, 2.05) is 38.1 Å². The standard InChI is InChI=1S/C22H22N2O4S/c1-4-17(21(26)27)28-18-11-6-5-9-15(18)12-19-20(25)24-22(29-19)23-16-10-7-8-13(2)14(16)3/h5-12,17H,4H2,1-3H3,(H,26,27)(H,23,24,25)/b19-12+. The van der Waals surface area contributed by atoms with Crippen molar-refractivity contribution in [2.75, 3.05) is 0 Å². The van der Waals surface area contributed by atoms with E-state index in [9.17, 15) is 14.7 Å². The summed E-state index contributed by atoms with van der Waals surface area (Å²) in [7, 11) is 0. The van der Waals surface area contributed by atoms with Crippen LogP contribution < -0.4 is 10.1 Å². The van der Waals surface area contributed by atoms with Crippen molar-refractivity contribution in [3.8, 4) is 5.75 Å². The number of nitrogens with zero attached hydrogens (tertiary/aromatic N) is 1. The quantitative estimate of drug-likeness (QED) is 0.688. The summed E-state index contributed by atoms with van der Waals surface area (Å²) in [6.07, 6.45) is 1.08. The lowest BCUT2D eigenvalue weighted by Gasteiger charge is -2.15. The van der Waals surface area contributed by atoms with Crippen LogP contribution in [0.1, 0.15) is 30.0 Å². The Kier molecular flexibility index (Phi) is 6.39. The number of carboxylic acids is 1. The molecule has 6 nitrogen and oxygen atoms in total. The molecule has 7 heteroatoms. The Bertz CT molecular complexity index is 1010. The molecule has 0 aromatic heterocycles. The van der Waals surface area contributed by atoms with Crippen molar-refractivity contribution >= 4 is 40.6 Å². The Hall–Kier alpha value is -3.06. The number of hydrogen-bond donors (Lipinski definition) is 2. The molecule has 150 valence electrons. The maximum atomic E-state index is 12.4. The fraction of sp³-hybridized carbons (Fsp3) is 0.227. The van der Waals surface area contributed by atoms with Gasteiger partial charge in [0.05, 0.1) is 10.6 Å². The second kappa shape index (κ2) is 8.96. The van der Waals surface area contributed by atoms with E-state index in [2.05, 4.69) is 10.3 Å². The molecule has 2 N–H and O–H groups in total. The van der Waals surface area contributed by atoms with Crippen LogP contribution in [0.4, 0.5) is 5.69 Å². The molecule has 0 radical (unpaired) electrons. The van der Waals surface area contributed by atoms with Gasteiger partial charge < -0.3 is 15.2 Å². The summed E-state index contributed by atoms with van der Waals surface area (Å²) in [5.74, 6) is -0.854. The number of benzene rings is 2. The molecule has 1 heterocycles. The molecule has 0 spiro atoms. The van der Waals surface area contributed by atoms with Crippen molar-refractivity contribution in [3.63, 3.8) is 0 Å². The second-order valence-electron chi connectivity index (χ2n) is 6.59. The van der Waals surface area contributed by atoms with Gasteiger partial charge in [0.2, 0.25) is 0 Å². The van der Waals surface area contributed by atoms with Crippen molar-refractivity contribution in [2.45, 2.75) is 33.3 Å². The number of para-hydroxylation sites is 1. The summed E-state index contributed by atoms with van der Waals surface area (Å²) in [6.45, 7) is 5.76. The molecule has 2 aromatic carbocycles. The van der Waals surface area contributed by atoms with Crippen LogP contribution >= 0.6 is 11.8 Å². The van der Waals surface area contributed by atoms with Gasteiger partial charge in [0.15, 0.2) is 11.3 Å². The third-order valence-electron chi connectivity index (χ3n) is 4.57. The number of carbonyl (C=O) groups excluding carboxylic acids is 1. The van der Waals surface area contributed by atoms with Crippen molar-refractivity contribution in [3.05, 3.63) is 64.1 Å². The zero-order chi connectivity index (χ0) is 21.0. The number of carboxylic acid groups (broad SMARTS) is 1. The van der Waals surface area contributed by atoms with Crippen molar-refractivity contribution < 1.29 is 19.4 Å². The minimum atomic E-state index is -1.02. The van der Waals surface area contributed by atoms with E-state index < -0.39 is 12.1 Å². The molecule has 1 aliphatic heterocycles. The van der Waals surface area contributed by atoms with Gasteiger partial charge >= 0.3 is 5.97 Å². The minimum Gasteiger partial charge on any atom is -0.479 e. The molecule has 29 heavy (non-hydrogen) atoms. The highest BCUT2D eigenvalue weighted by atomic mass is 32.2. The predicted octanol–water partition coefficient (Wildman–Crippen LogP) is 4.44. The Labute approximate surface area is 173 Å². The third kappa shape index (κ3) is 4.86. The van der Waals surface area contributed by atoms with Crippen molar-refractivity contribution in [2.24, 2.45) is 4.99 Å². The lowest BCUT2D eigenvalue weighted by atomic mass is 10.1. The predicted molar refractivity (Wildman–Crippen MR) is 116 cm³/mol. The summed E-state index contributed by atoms with van der Waals surface area (Å²) >= 11 is 1.24. The van der Waals surface area contributed by atoms with E-state index in [1.54, 1.807) is 31.2 Å². The second-order valence-corrected chi connectivity index (χ2v) is 7.62. The number of carbonyl (C=O) groups is 2. The summed E-state index contributed by atoms with van der Waals surface area (Å²) in [5.41, 5.74) is 3.64. The Morgan fingerprint density at radius 2 is 2.00 bits per heavy atom. The van der Waals surface area contributed by atoms with E-state index in [-0.39, 0.29) is 5.91 Å². The molecule has 1 saturated heterocycles. The topological polar surface area (TPSA) is 88.0 Å². The molecule has 3 rings (SSSR count). The first-order chi connectivity index (χ1) is 13.9. The van der Waals surface area contributed by atoms with E-state index in [1.165, 1.54) is 11.8 Å². The average Bonchev–Trinajstić information content (AvgIpc) is 3.03. The molecule has 1 aliphatic rings. The molecule has 2 aromatic rings. The van der Waals surface area contributed by atoms with E-state index in [0.717, 1.165) is 16.8 Å². The first-order valence-electron chi connectivity index (χ1n) is 9.23. The molecular formula is C22H22N2O4S. The number of rotatable bonds is 6. The van der Waals surface area contributed by atoms with Crippen LogP contribution in [-0.4, -0.2) is 28.3 Å². The highest BCUT2D eigenvalue weighted by Crippen LogP contribution is 2.32. The van der Waals surface area contributed by atoms with Crippen LogP contribution in [0.5, 0.6) is 5.75 Å². The zero-order valence-electron chi connectivity index (χ0n) is 16.4. The van der Waals surface area contributed by atoms with Gasteiger partial charge in [-0.25, -0.2) is 9.79 Å². The highest BCUT2D eigenvalue weighted by Gasteiger charge is 2.25. The van der Waals surface area contributed by atoms with Gasteiger partial charge in [-0.05, 0) is 61.4 Å². The molecule has 1 amide bonds. The summed E-state index contributed by atoms with van der Waals surface area (Å²) in [4.78, 5) is 28.7. The number of aryl methyl sites for hydroxylation is 1. The van der Waals surface area contributed by atoms with Crippen LogP contribution in [0.2, 0.25) is 0 Å². The van der Waals surface area contributed by atoms with Gasteiger partial charge in [0, 0.05) is 5.56 Å². The maximum absolute atomic E-state index is 12.4. The third-order valence-corrected chi connectivity index (χ3v) is 5.48. The smallest absolute Gasteiger partial charge is 0.344 e. The number of aliphatic imine (C=N–C) groups is 1. The van der Waals surface area contributed by atoms with E-state index in [0.29, 0.717) is 27.8 Å². The molecule has 0 saturated carbocycles. The summed E-state index contributed by atoms with van der Waals surface area (Å²) < 4.78 is 5.64. The van der Waals surface area contributed by atoms with Crippen molar-refractivity contribution in [1.82, 2.24) is 5.32 Å². The van der Waals surface area contributed by atoms with Crippen LogP contribution in [0.3, 0.4) is 0 Å². The molecule has 0 aliphatic carbocycles. The lowest BCUT2D eigenvalue weighted by Crippen LogP contribution is -2.26. The SMILES string of the molecule is CCC(Oc1ccccc1/C=C1/SC(=Nc2cccc(C)c2C)NC1=O)C(=O)O. The first kappa shape index (κ1) is 20.7. The maximum Gasteiger partial charge on any atom is 0.344 e. The Morgan fingerprint density at radius 3 is 2.72 bits per heavy atom. The molecule has 0 bridgehead atoms. The van der Waals surface area contributed by atoms with Gasteiger partial charge in [-0.1, -0.05) is 37.3 Å². The Balaban J connectivity index is 1.87. The fourth-order valence-corrected chi connectivity index (χ4v) is 3.58. The van der Waals surface area contributed by atoms with Gasteiger partial charge in [-0.2, -0.15) is 0 Å². The number of thioether (sulfide) groups is 1. The Morgan fingerprint density at radius 1 is 1.24 bits per heavy atom. The van der Waals surface area contributed by atoms with Crippen LogP contribution in [0.15, 0.2) is 52.4 Å². The monoisotopic (exact) mass is 410 g/mol. The minimum absolute atomic E-state index is 0.251. The summed E-state index contributed by atoms with van der Waals surface area (Å²) in [5, 5.41) is 12.5. The van der Waals surface area contributed by atoms with Gasteiger partial charge in [0.1, 0.15) is 5.75 Å². The average molecular weight is 410 g/mol. The highest BCUT2D eigenvalue weighted by molar-refractivity contribution is 8.18. The largest absolute Gasteiger partial charge is 0.479 e. The molecular weight excluding hydrogens is 388 g/mol. The lowest BCUT2D eigenvalue weighted by molar-refractivity contribution is -0.145. The normalized spacial score (nSPS) is 17.4. The molecule has 1 fully saturated rings. The van der Waals surface area contributed by atoms with Crippen LogP contribution in [-0.2, 0) is 9.59 Å². The number of nitrogens with one attached hydrogen (secondary N) is 1. The first-order valence-corrected chi connectivity index (χ1v) is 10.0. The molecule has 1 atom stereocenters. The molecule has 1 unspecified atom stereocenters. The van der Waals surface area contributed by atoms with E-state index >= 15 is 0 Å². The van der Waals surface area contributed by atoms with Crippen molar-refractivity contribution in [1.29, 1.82) is 0 Å². The number of aliphatic carboxylic acids is 1. The number of hydrogen-bond acceptors (Lipinski definition) is 5. The zero-order valence-corrected chi connectivity index (χ0v) is 17.2. The number of amides is 1. The fourth-order valence-electron chi connectivity index (χ4n) is 2.76.